The van der Waals surface area contributed by atoms with Crippen molar-refractivity contribution in [3.63, 3.8) is 0 Å². The number of nitrogens with zero attached hydrogens (tertiary/aromatic N) is 1. The van der Waals surface area contributed by atoms with Gasteiger partial charge in [-0.25, -0.2) is 0 Å². The van der Waals surface area contributed by atoms with Crippen molar-refractivity contribution in [2.24, 2.45) is 0 Å². The highest BCUT2D eigenvalue weighted by atomic mass is 16.5. The minimum atomic E-state index is 0.580. The Balaban J connectivity index is 1.97. The zero-order valence-corrected chi connectivity index (χ0v) is 8.09. The molecule has 0 aliphatic carbocycles. The fourth-order valence-electron chi connectivity index (χ4n) is 2.71. The smallest absolute Gasteiger partial charge is 0.376 e. The van der Waals surface area contributed by atoms with Crippen LogP contribution in [0.25, 0.3) is 0 Å². The van der Waals surface area contributed by atoms with Crippen LogP contribution in [0.2, 0.25) is 6.32 Å². The summed E-state index contributed by atoms with van der Waals surface area (Å²) < 4.78 is 7.05. The molecular formula is C9H19BNO+. The van der Waals surface area contributed by atoms with Gasteiger partial charge in [-0.05, 0) is 12.8 Å². The van der Waals surface area contributed by atoms with Gasteiger partial charge < -0.3 is 9.05 Å². The first-order chi connectivity index (χ1) is 5.87. The van der Waals surface area contributed by atoms with Gasteiger partial charge in [0.05, 0.1) is 26.2 Å². The zero-order chi connectivity index (χ0) is 8.44. The molecule has 3 heteroatoms. The predicted octanol–water partition coefficient (Wildman–Crippen LogP) is 1.53. The molecule has 2 aliphatic rings. The Labute approximate surface area is 75.6 Å². The Bertz CT molecular complexity index is 153. The Hall–Kier alpha value is -0.0151. The average molecular weight is 168 g/mol. The van der Waals surface area contributed by atoms with E-state index in [0.29, 0.717) is 7.05 Å². The molecule has 0 aromatic carbocycles. The lowest BCUT2D eigenvalue weighted by Crippen LogP contribution is -2.51. The van der Waals surface area contributed by atoms with Crippen LogP contribution < -0.4 is 0 Å². The van der Waals surface area contributed by atoms with Gasteiger partial charge in [0.25, 0.3) is 0 Å². The maximum Gasteiger partial charge on any atom is 0.574 e. The molecule has 1 atom stereocenters. The first-order valence-electron chi connectivity index (χ1n) is 5.35. The van der Waals surface area contributed by atoms with E-state index in [9.17, 15) is 0 Å². The quantitative estimate of drug-likeness (QED) is 0.580. The van der Waals surface area contributed by atoms with Gasteiger partial charge in [0.2, 0.25) is 0 Å². The van der Waals surface area contributed by atoms with Crippen molar-refractivity contribution in [1.29, 1.82) is 0 Å². The topological polar surface area (TPSA) is 9.23 Å². The standard InChI is InChI=1S/C9H19BNO/c1-2-3-6-11-7-4-5-10(11)12-9-8-11/h2-9H2,1H3/q+1. The van der Waals surface area contributed by atoms with E-state index in [1.165, 1.54) is 49.6 Å². The van der Waals surface area contributed by atoms with Crippen molar-refractivity contribution in [1.82, 2.24) is 0 Å². The summed E-state index contributed by atoms with van der Waals surface area (Å²) >= 11 is 0. The minimum absolute atomic E-state index is 0.580. The Morgan fingerprint density at radius 3 is 3.17 bits per heavy atom. The molecular weight excluding hydrogens is 149 g/mol. The molecule has 0 aromatic heterocycles. The van der Waals surface area contributed by atoms with Gasteiger partial charge in [-0.1, -0.05) is 13.3 Å². The van der Waals surface area contributed by atoms with Crippen LogP contribution in [0.4, 0.5) is 0 Å². The highest BCUT2D eigenvalue weighted by Crippen LogP contribution is 2.30. The highest BCUT2D eigenvalue weighted by Gasteiger charge is 2.52. The summed E-state index contributed by atoms with van der Waals surface area (Å²) in [5.74, 6) is 0. The summed E-state index contributed by atoms with van der Waals surface area (Å²) in [6.07, 6.45) is 5.39. The van der Waals surface area contributed by atoms with Crippen LogP contribution in [0.1, 0.15) is 26.2 Å². The van der Waals surface area contributed by atoms with Crippen LogP contribution in [-0.2, 0) is 4.65 Å². The average Bonchev–Trinajstić information content (AvgIpc) is 2.58. The van der Waals surface area contributed by atoms with E-state index in [1.54, 1.807) is 0 Å². The molecule has 0 radical (unpaired) electrons. The van der Waals surface area contributed by atoms with E-state index < -0.39 is 0 Å². The molecule has 2 fully saturated rings. The Morgan fingerprint density at radius 2 is 2.33 bits per heavy atom. The molecule has 0 saturated carbocycles. The fourth-order valence-corrected chi connectivity index (χ4v) is 2.71. The molecule has 0 amide bonds. The van der Waals surface area contributed by atoms with Gasteiger partial charge in [0, 0.05) is 6.32 Å². The Morgan fingerprint density at radius 1 is 1.42 bits per heavy atom. The molecule has 2 nitrogen and oxygen atoms in total. The van der Waals surface area contributed by atoms with Gasteiger partial charge in [-0.15, -0.1) is 0 Å². The van der Waals surface area contributed by atoms with E-state index >= 15 is 0 Å². The van der Waals surface area contributed by atoms with Gasteiger partial charge in [0.1, 0.15) is 0 Å². The second-order valence-corrected chi connectivity index (χ2v) is 4.21. The molecule has 1 unspecified atom stereocenters. The lowest BCUT2D eigenvalue weighted by molar-refractivity contribution is -0.815. The number of quaternary nitrogens is 1. The summed E-state index contributed by atoms with van der Waals surface area (Å²) in [6.45, 7) is 7.31. The third-order valence-corrected chi connectivity index (χ3v) is 3.47. The minimum Gasteiger partial charge on any atom is -0.376 e. The van der Waals surface area contributed by atoms with E-state index in [0.717, 1.165) is 6.61 Å². The van der Waals surface area contributed by atoms with Crippen molar-refractivity contribution in [2.45, 2.75) is 32.5 Å². The van der Waals surface area contributed by atoms with E-state index in [2.05, 4.69) is 6.92 Å². The van der Waals surface area contributed by atoms with Crippen LogP contribution >= 0.6 is 0 Å². The molecule has 2 saturated heterocycles. The Kier molecular flexibility index (Phi) is 2.42. The fraction of sp³-hybridized carbons (Fsp3) is 1.00. The van der Waals surface area contributed by atoms with Crippen LogP contribution in [-0.4, -0.2) is 37.7 Å². The highest BCUT2D eigenvalue weighted by molar-refractivity contribution is 6.44. The molecule has 0 spiro atoms. The summed E-state index contributed by atoms with van der Waals surface area (Å²) in [7, 11) is 0.580. The molecule has 2 heterocycles. The maximum atomic E-state index is 5.75. The van der Waals surface area contributed by atoms with Crippen molar-refractivity contribution in [2.75, 3.05) is 26.2 Å². The molecule has 2 aliphatic heterocycles. The molecule has 0 N–H and O–H groups in total. The number of unbranched alkanes of at least 4 members (excludes halogenated alkanes) is 1. The third-order valence-electron chi connectivity index (χ3n) is 3.47. The van der Waals surface area contributed by atoms with Gasteiger partial charge in [0.15, 0.2) is 0 Å². The van der Waals surface area contributed by atoms with Crippen molar-refractivity contribution < 1.29 is 9.05 Å². The van der Waals surface area contributed by atoms with Gasteiger partial charge in [-0.2, -0.15) is 0 Å². The monoisotopic (exact) mass is 168 g/mol. The molecule has 68 valence electrons. The van der Waals surface area contributed by atoms with Gasteiger partial charge in [-0.3, -0.25) is 0 Å². The SMILES string of the molecule is CCCC[N+]12CCCB1OCC2. The van der Waals surface area contributed by atoms with Crippen LogP contribution in [0.3, 0.4) is 0 Å². The summed E-state index contributed by atoms with van der Waals surface area (Å²) in [5, 5.41) is 0. The van der Waals surface area contributed by atoms with Crippen molar-refractivity contribution in [3.8, 4) is 0 Å². The zero-order valence-electron chi connectivity index (χ0n) is 8.09. The van der Waals surface area contributed by atoms with Crippen molar-refractivity contribution in [3.05, 3.63) is 0 Å². The molecule has 0 bridgehead atoms. The molecule has 12 heavy (non-hydrogen) atoms. The number of rotatable bonds is 3. The number of fused-ring (bicyclic) bond motifs is 1. The van der Waals surface area contributed by atoms with Crippen molar-refractivity contribution >= 4 is 7.05 Å². The number of hydrogen-bond acceptors (Lipinski definition) is 1. The third kappa shape index (κ3) is 1.29. The maximum absolute atomic E-state index is 5.75. The summed E-state index contributed by atoms with van der Waals surface area (Å²) in [4.78, 5) is 0. The first kappa shape index (κ1) is 8.58. The van der Waals surface area contributed by atoms with Gasteiger partial charge >= 0.3 is 7.05 Å². The number of hydrogen-bond donors (Lipinski definition) is 0. The van der Waals surface area contributed by atoms with Crippen LogP contribution in [0.5, 0.6) is 0 Å². The van der Waals surface area contributed by atoms with E-state index in [4.69, 9.17) is 4.65 Å². The summed E-state index contributed by atoms with van der Waals surface area (Å²) in [6, 6.07) is 0. The summed E-state index contributed by atoms with van der Waals surface area (Å²) in [5.41, 5.74) is 0. The first-order valence-corrected chi connectivity index (χ1v) is 5.35. The molecule has 0 aromatic rings. The molecule has 2 rings (SSSR count). The van der Waals surface area contributed by atoms with E-state index in [1.807, 2.05) is 0 Å². The normalized spacial score (nSPS) is 34.2. The lowest BCUT2D eigenvalue weighted by Gasteiger charge is -2.32. The second-order valence-electron chi connectivity index (χ2n) is 4.21. The lowest BCUT2D eigenvalue weighted by atomic mass is 9.78. The second kappa shape index (κ2) is 3.39. The van der Waals surface area contributed by atoms with Crippen LogP contribution in [0, 0.1) is 0 Å². The van der Waals surface area contributed by atoms with E-state index in [-0.39, 0.29) is 0 Å². The largest absolute Gasteiger partial charge is 0.574 e. The predicted molar refractivity (Wildman–Crippen MR) is 50.9 cm³/mol. The van der Waals surface area contributed by atoms with Crippen LogP contribution in [0.15, 0.2) is 0 Å².